The Kier molecular flexibility index (Phi) is 7.82. The van der Waals surface area contributed by atoms with Crippen LogP contribution in [0.4, 0.5) is 0 Å². The van der Waals surface area contributed by atoms with Crippen LogP contribution in [0.25, 0.3) is 0 Å². The number of aromatic nitrogens is 1. The number of aliphatic imine (C=N–C) groups is 1. The summed E-state index contributed by atoms with van der Waals surface area (Å²) in [5.41, 5.74) is 1.03. The molecule has 120 valence electrons. The molecule has 1 unspecified atom stereocenters. The Morgan fingerprint density at radius 2 is 2.14 bits per heavy atom. The van der Waals surface area contributed by atoms with Crippen LogP contribution < -0.4 is 10.6 Å². The average molecular weight is 296 g/mol. The summed E-state index contributed by atoms with van der Waals surface area (Å²) in [5, 5.41) is 10.6. The molecule has 0 radical (unpaired) electrons. The predicted molar refractivity (Wildman–Crippen MR) is 84.5 cm³/mol. The lowest BCUT2D eigenvalue weighted by molar-refractivity contribution is 0.179. The molecule has 0 bridgehead atoms. The zero-order chi connectivity index (χ0) is 15.7. The quantitative estimate of drug-likeness (QED) is 0.569. The van der Waals surface area contributed by atoms with Crippen molar-refractivity contribution in [3.05, 3.63) is 17.5 Å². The Morgan fingerprint density at radius 3 is 2.71 bits per heavy atom. The molecule has 0 aliphatic rings. The summed E-state index contributed by atoms with van der Waals surface area (Å²) in [7, 11) is 3.42. The van der Waals surface area contributed by atoms with E-state index in [4.69, 9.17) is 9.26 Å². The summed E-state index contributed by atoms with van der Waals surface area (Å²) in [4.78, 5) is 4.18. The highest BCUT2D eigenvalue weighted by atomic mass is 16.5. The minimum Gasteiger partial charge on any atom is -0.383 e. The van der Waals surface area contributed by atoms with E-state index in [0.717, 1.165) is 30.3 Å². The molecular formula is C15H28N4O2. The maximum absolute atomic E-state index is 5.38. The van der Waals surface area contributed by atoms with Crippen molar-refractivity contribution in [1.82, 2.24) is 15.8 Å². The first kappa shape index (κ1) is 17.5. The molecule has 1 atom stereocenters. The second-order valence-electron chi connectivity index (χ2n) is 5.16. The van der Waals surface area contributed by atoms with Crippen molar-refractivity contribution in [3.63, 3.8) is 0 Å². The van der Waals surface area contributed by atoms with Gasteiger partial charge in [0.25, 0.3) is 0 Å². The third-order valence-electron chi connectivity index (χ3n) is 3.43. The smallest absolute Gasteiger partial charge is 0.191 e. The van der Waals surface area contributed by atoms with Gasteiger partial charge in [-0.15, -0.1) is 0 Å². The highest BCUT2D eigenvalue weighted by Gasteiger charge is 2.13. The molecule has 21 heavy (non-hydrogen) atoms. The van der Waals surface area contributed by atoms with Crippen LogP contribution in [-0.2, 0) is 11.3 Å². The lowest BCUT2D eigenvalue weighted by Crippen LogP contribution is -2.43. The second kappa shape index (κ2) is 9.39. The number of guanidine groups is 1. The molecular weight excluding hydrogens is 268 g/mol. The minimum atomic E-state index is 0.191. The molecule has 0 aliphatic heterocycles. The van der Waals surface area contributed by atoms with Gasteiger partial charge in [0.1, 0.15) is 0 Å². The Hall–Kier alpha value is -1.56. The monoisotopic (exact) mass is 296 g/mol. The molecule has 0 saturated carbocycles. The van der Waals surface area contributed by atoms with Crippen molar-refractivity contribution in [1.29, 1.82) is 0 Å². The number of hydrogen-bond donors (Lipinski definition) is 2. The minimum absolute atomic E-state index is 0.191. The molecule has 1 aromatic heterocycles. The fourth-order valence-corrected chi connectivity index (χ4v) is 2.20. The summed E-state index contributed by atoms with van der Waals surface area (Å²) in [5.74, 6) is 2.01. The summed E-state index contributed by atoms with van der Waals surface area (Å²) in [6, 6.07) is 2.22. The summed E-state index contributed by atoms with van der Waals surface area (Å²) >= 11 is 0. The molecule has 0 aromatic carbocycles. The van der Waals surface area contributed by atoms with Crippen molar-refractivity contribution in [2.24, 2.45) is 4.99 Å². The molecule has 2 N–H and O–H groups in total. The number of rotatable bonds is 8. The van der Waals surface area contributed by atoms with Gasteiger partial charge in [-0.3, -0.25) is 4.99 Å². The third kappa shape index (κ3) is 5.75. The maximum Gasteiger partial charge on any atom is 0.191 e. The number of ether oxygens (including phenoxy) is 1. The SMILES string of the molecule is CCC(CC)c1cc(CNC(=NC)NC(C)COC)on1. The summed E-state index contributed by atoms with van der Waals surface area (Å²) < 4.78 is 10.5. The molecule has 6 nitrogen and oxygen atoms in total. The van der Waals surface area contributed by atoms with E-state index in [1.165, 1.54) is 0 Å². The Labute approximate surface area is 127 Å². The largest absolute Gasteiger partial charge is 0.383 e. The lowest BCUT2D eigenvalue weighted by atomic mass is 9.99. The van der Waals surface area contributed by atoms with E-state index in [-0.39, 0.29) is 6.04 Å². The second-order valence-corrected chi connectivity index (χ2v) is 5.16. The van der Waals surface area contributed by atoms with E-state index in [2.05, 4.69) is 34.6 Å². The van der Waals surface area contributed by atoms with Crippen molar-refractivity contribution >= 4 is 5.96 Å². The van der Waals surface area contributed by atoms with Crippen LogP contribution in [0, 0.1) is 0 Å². The molecule has 1 heterocycles. The standard InChI is InChI=1S/C15H28N4O2/c1-6-12(7-2)14-8-13(21-19-14)9-17-15(16-4)18-11(3)10-20-5/h8,11-12H,6-7,9-10H2,1-5H3,(H2,16,17,18). The van der Waals surface area contributed by atoms with Gasteiger partial charge < -0.3 is 19.9 Å². The van der Waals surface area contributed by atoms with E-state index in [9.17, 15) is 0 Å². The highest BCUT2D eigenvalue weighted by Crippen LogP contribution is 2.22. The average Bonchev–Trinajstić information content (AvgIpc) is 2.94. The molecule has 1 rings (SSSR count). The van der Waals surface area contributed by atoms with Gasteiger partial charge in [-0.2, -0.15) is 0 Å². The van der Waals surface area contributed by atoms with Crippen molar-refractivity contribution < 1.29 is 9.26 Å². The van der Waals surface area contributed by atoms with E-state index in [0.29, 0.717) is 19.1 Å². The lowest BCUT2D eigenvalue weighted by Gasteiger charge is -2.16. The van der Waals surface area contributed by atoms with Crippen molar-refractivity contribution in [2.75, 3.05) is 20.8 Å². The van der Waals surface area contributed by atoms with Gasteiger partial charge in [-0.05, 0) is 19.8 Å². The molecule has 0 fully saturated rings. The van der Waals surface area contributed by atoms with Gasteiger partial charge in [0.15, 0.2) is 11.7 Å². The highest BCUT2D eigenvalue weighted by molar-refractivity contribution is 5.79. The van der Waals surface area contributed by atoms with Crippen LogP contribution in [0.15, 0.2) is 15.6 Å². The summed E-state index contributed by atoms with van der Waals surface area (Å²) in [6.07, 6.45) is 2.15. The molecule has 0 amide bonds. The van der Waals surface area contributed by atoms with Gasteiger partial charge in [-0.1, -0.05) is 19.0 Å². The van der Waals surface area contributed by atoms with Gasteiger partial charge >= 0.3 is 0 Å². The fourth-order valence-electron chi connectivity index (χ4n) is 2.20. The van der Waals surface area contributed by atoms with E-state index in [1.807, 2.05) is 13.0 Å². The van der Waals surface area contributed by atoms with Crippen LogP contribution >= 0.6 is 0 Å². The van der Waals surface area contributed by atoms with Crippen molar-refractivity contribution in [2.45, 2.75) is 52.1 Å². The van der Waals surface area contributed by atoms with Gasteiger partial charge in [-0.25, -0.2) is 0 Å². The number of nitrogens with zero attached hydrogens (tertiary/aromatic N) is 2. The van der Waals surface area contributed by atoms with Crippen LogP contribution in [0.2, 0.25) is 0 Å². The topological polar surface area (TPSA) is 71.7 Å². The third-order valence-corrected chi connectivity index (χ3v) is 3.43. The van der Waals surface area contributed by atoms with E-state index in [1.54, 1.807) is 14.2 Å². The van der Waals surface area contributed by atoms with E-state index < -0.39 is 0 Å². The van der Waals surface area contributed by atoms with Crippen LogP contribution in [0.5, 0.6) is 0 Å². The van der Waals surface area contributed by atoms with Crippen LogP contribution in [0.3, 0.4) is 0 Å². The van der Waals surface area contributed by atoms with Gasteiger partial charge in [0, 0.05) is 32.2 Å². The number of hydrogen-bond acceptors (Lipinski definition) is 4. The first-order chi connectivity index (χ1) is 10.1. The molecule has 0 saturated heterocycles. The Balaban J connectivity index is 2.50. The maximum atomic E-state index is 5.38. The first-order valence-electron chi connectivity index (χ1n) is 7.56. The number of methoxy groups -OCH3 is 1. The van der Waals surface area contributed by atoms with E-state index >= 15 is 0 Å². The number of nitrogens with one attached hydrogen (secondary N) is 2. The molecule has 0 spiro atoms. The van der Waals surface area contributed by atoms with Gasteiger partial charge in [0.2, 0.25) is 0 Å². The van der Waals surface area contributed by atoms with Crippen LogP contribution in [0.1, 0.15) is 51.0 Å². The molecule has 6 heteroatoms. The zero-order valence-corrected chi connectivity index (χ0v) is 13.8. The summed E-state index contributed by atoms with van der Waals surface area (Å²) in [6.45, 7) is 7.57. The molecule has 0 aliphatic carbocycles. The fraction of sp³-hybridized carbons (Fsp3) is 0.733. The molecule has 1 aromatic rings. The van der Waals surface area contributed by atoms with Gasteiger partial charge in [0.05, 0.1) is 18.8 Å². The van der Waals surface area contributed by atoms with Crippen LogP contribution in [-0.4, -0.2) is 37.9 Å². The Morgan fingerprint density at radius 1 is 1.43 bits per heavy atom. The Bertz CT molecular complexity index is 427. The normalized spacial score (nSPS) is 13.5. The zero-order valence-electron chi connectivity index (χ0n) is 13.8. The predicted octanol–water partition coefficient (Wildman–Crippen LogP) is 2.28. The van der Waals surface area contributed by atoms with Crippen molar-refractivity contribution in [3.8, 4) is 0 Å². The first-order valence-corrected chi connectivity index (χ1v) is 7.56.